The molecular formula is C27H25N7O. The Kier molecular flexibility index (Phi) is 5.46. The minimum atomic E-state index is -0.366. The third-order valence-electron chi connectivity index (χ3n) is 5.97. The van der Waals surface area contributed by atoms with E-state index in [1.807, 2.05) is 79.7 Å². The van der Waals surface area contributed by atoms with E-state index in [9.17, 15) is 0 Å². The molecule has 0 spiro atoms. The number of rotatable bonds is 8. The van der Waals surface area contributed by atoms with Gasteiger partial charge in [0.1, 0.15) is 23.8 Å². The maximum atomic E-state index is 5.94. The van der Waals surface area contributed by atoms with Crippen molar-refractivity contribution < 1.29 is 4.42 Å². The van der Waals surface area contributed by atoms with E-state index in [0.717, 1.165) is 28.3 Å². The number of hydrogen-bond acceptors (Lipinski definition) is 7. The Morgan fingerprint density at radius 3 is 2.46 bits per heavy atom. The maximum absolute atomic E-state index is 5.94. The molecule has 0 aliphatic heterocycles. The minimum Gasteiger partial charge on any atom is -0.446 e. The molecule has 0 radical (unpaired) electrons. The first-order valence-electron chi connectivity index (χ1n) is 11.7. The van der Waals surface area contributed by atoms with E-state index >= 15 is 0 Å². The van der Waals surface area contributed by atoms with Gasteiger partial charge in [-0.2, -0.15) is 10.1 Å². The Labute approximate surface area is 202 Å². The molecule has 0 saturated heterocycles. The second kappa shape index (κ2) is 9.06. The van der Waals surface area contributed by atoms with Crippen LogP contribution in [0.3, 0.4) is 0 Å². The lowest BCUT2D eigenvalue weighted by molar-refractivity contribution is 0.483. The molecule has 8 nitrogen and oxygen atoms in total. The molecule has 3 N–H and O–H groups in total. The molecule has 1 atom stereocenters. The number of H-pyrrole nitrogens is 1. The molecule has 5 aromatic rings. The normalized spacial score (nSPS) is 14.0. The largest absolute Gasteiger partial charge is 0.446 e. The van der Waals surface area contributed by atoms with Crippen molar-refractivity contribution in [2.45, 2.75) is 31.7 Å². The van der Waals surface area contributed by atoms with Gasteiger partial charge in [0, 0.05) is 35.0 Å². The van der Waals surface area contributed by atoms with Crippen LogP contribution in [0.25, 0.3) is 11.3 Å². The van der Waals surface area contributed by atoms with Crippen LogP contribution in [-0.2, 0) is 0 Å². The van der Waals surface area contributed by atoms with Crippen molar-refractivity contribution in [2.75, 3.05) is 10.6 Å². The van der Waals surface area contributed by atoms with Gasteiger partial charge in [0.05, 0.1) is 0 Å². The van der Waals surface area contributed by atoms with Crippen molar-refractivity contribution in [1.29, 1.82) is 0 Å². The highest BCUT2D eigenvalue weighted by Crippen LogP contribution is 2.39. The van der Waals surface area contributed by atoms with Gasteiger partial charge in [-0.3, -0.25) is 5.10 Å². The van der Waals surface area contributed by atoms with Crippen LogP contribution < -0.4 is 10.6 Å². The lowest BCUT2D eigenvalue weighted by Crippen LogP contribution is -2.15. The van der Waals surface area contributed by atoms with Crippen LogP contribution in [0.5, 0.6) is 0 Å². The van der Waals surface area contributed by atoms with Crippen molar-refractivity contribution in [3.8, 4) is 11.3 Å². The third kappa shape index (κ3) is 4.77. The van der Waals surface area contributed by atoms with Crippen molar-refractivity contribution in [1.82, 2.24) is 25.1 Å². The van der Waals surface area contributed by atoms with Gasteiger partial charge in [0.25, 0.3) is 0 Å². The zero-order valence-corrected chi connectivity index (χ0v) is 19.3. The first kappa shape index (κ1) is 21.1. The minimum absolute atomic E-state index is 0.366. The first-order chi connectivity index (χ1) is 17.2. The Morgan fingerprint density at radius 2 is 1.69 bits per heavy atom. The predicted molar refractivity (Wildman–Crippen MR) is 134 cm³/mol. The van der Waals surface area contributed by atoms with Gasteiger partial charge < -0.3 is 15.1 Å². The highest BCUT2D eigenvalue weighted by atomic mass is 16.3. The number of aromatic amines is 1. The van der Waals surface area contributed by atoms with Crippen LogP contribution in [0.2, 0.25) is 0 Å². The molecule has 1 fully saturated rings. The number of oxazole rings is 1. The van der Waals surface area contributed by atoms with Crippen LogP contribution in [-0.4, -0.2) is 25.1 Å². The summed E-state index contributed by atoms with van der Waals surface area (Å²) in [4.78, 5) is 14.1. The summed E-state index contributed by atoms with van der Waals surface area (Å²) in [7, 11) is 0. The van der Waals surface area contributed by atoms with Gasteiger partial charge in [0.2, 0.25) is 11.8 Å². The molecule has 35 heavy (non-hydrogen) atoms. The monoisotopic (exact) mass is 463 g/mol. The number of nitrogens with zero attached hydrogens (tertiary/aromatic N) is 4. The third-order valence-corrected chi connectivity index (χ3v) is 5.97. The van der Waals surface area contributed by atoms with Gasteiger partial charge >= 0.3 is 0 Å². The van der Waals surface area contributed by atoms with E-state index in [1.165, 1.54) is 18.5 Å². The van der Waals surface area contributed by atoms with Crippen LogP contribution in [0, 0.1) is 6.92 Å². The highest BCUT2D eigenvalue weighted by molar-refractivity contribution is 5.58. The summed E-state index contributed by atoms with van der Waals surface area (Å²) in [5, 5.41) is 14.2. The predicted octanol–water partition coefficient (Wildman–Crippen LogP) is 5.99. The molecule has 3 heterocycles. The summed E-state index contributed by atoms with van der Waals surface area (Å²) in [6.07, 6.45) is 4.12. The maximum Gasteiger partial charge on any atom is 0.225 e. The number of benzene rings is 2. The fourth-order valence-electron chi connectivity index (χ4n) is 4.06. The van der Waals surface area contributed by atoms with Crippen LogP contribution in [0.4, 0.5) is 17.6 Å². The van der Waals surface area contributed by atoms with Crippen molar-refractivity contribution in [3.05, 3.63) is 102 Å². The van der Waals surface area contributed by atoms with Crippen molar-refractivity contribution in [3.63, 3.8) is 0 Å². The number of aromatic nitrogens is 5. The fraction of sp³-hybridized carbons (Fsp3) is 0.185. The quantitative estimate of drug-likeness (QED) is 0.260. The molecule has 1 aliphatic carbocycles. The summed E-state index contributed by atoms with van der Waals surface area (Å²) in [6.45, 7) is 1.94. The Balaban J connectivity index is 1.29. The fourth-order valence-corrected chi connectivity index (χ4v) is 4.06. The second-order valence-corrected chi connectivity index (χ2v) is 8.75. The molecular weight excluding hydrogens is 438 g/mol. The van der Waals surface area contributed by atoms with Gasteiger partial charge in [-0.25, -0.2) is 9.97 Å². The first-order valence-corrected chi connectivity index (χ1v) is 11.7. The average Bonchev–Trinajstić information content (AvgIpc) is 3.43. The van der Waals surface area contributed by atoms with E-state index < -0.39 is 0 Å². The summed E-state index contributed by atoms with van der Waals surface area (Å²) < 4.78 is 5.94. The lowest BCUT2D eigenvalue weighted by Gasteiger charge is -2.17. The van der Waals surface area contributed by atoms with Gasteiger partial charge in [0.15, 0.2) is 5.82 Å². The standard InChI is InChI=1S/C27H25N7O/c1-17-14-23(30-24-15-21(33-34-24)19-12-13-19)31-27(28-17)32-25(20-10-6-3-7-11-20)26-29-22(16-35-26)18-8-4-2-5-9-18/h2-11,14-16,19,25H,12-13H2,1H3,(H3,28,30,31,32,33,34). The zero-order chi connectivity index (χ0) is 23.6. The van der Waals surface area contributed by atoms with Crippen molar-refractivity contribution >= 4 is 17.6 Å². The van der Waals surface area contributed by atoms with Crippen LogP contribution in [0.1, 0.15) is 47.6 Å². The smallest absolute Gasteiger partial charge is 0.225 e. The molecule has 8 heteroatoms. The molecule has 2 aromatic carbocycles. The summed E-state index contributed by atoms with van der Waals surface area (Å²) in [5.41, 5.74) is 4.76. The second-order valence-electron chi connectivity index (χ2n) is 8.75. The van der Waals surface area contributed by atoms with Crippen LogP contribution in [0.15, 0.2) is 83.5 Å². The van der Waals surface area contributed by atoms with E-state index in [0.29, 0.717) is 23.6 Å². The van der Waals surface area contributed by atoms with E-state index in [4.69, 9.17) is 14.4 Å². The number of aryl methyl sites for hydroxylation is 1. The van der Waals surface area contributed by atoms with E-state index in [2.05, 4.69) is 25.8 Å². The average molecular weight is 464 g/mol. The molecule has 0 amide bonds. The van der Waals surface area contributed by atoms with Gasteiger partial charge in [-0.1, -0.05) is 60.7 Å². The molecule has 6 rings (SSSR count). The molecule has 174 valence electrons. The number of anilines is 3. The molecule has 0 bridgehead atoms. The Bertz CT molecular complexity index is 1420. The van der Waals surface area contributed by atoms with E-state index in [-0.39, 0.29) is 6.04 Å². The number of hydrogen-bond donors (Lipinski definition) is 3. The topological polar surface area (TPSA) is 105 Å². The molecule has 1 saturated carbocycles. The highest BCUT2D eigenvalue weighted by Gasteiger charge is 2.26. The SMILES string of the molecule is Cc1cc(Nc2cc(C3CC3)[nH]n2)nc(NC(c2ccccc2)c2nc(-c3ccccc3)co2)n1. The summed E-state index contributed by atoms with van der Waals surface area (Å²) in [6, 6.07) is 23.6. The Hall–Kier alpha value is -4.46. The van der Waals surface area contributed by atoms with Crippen LogP contribution >= 0.6 is 0 Å². The zero-order valence-electron chi connectivity index (χ0n) is 19.3. The number of nitrogens with one attached hydrogen (secondary N) is 3. The molecule has 1 unspecified atom stereocenters. The van der Waals surface area contributed by atoms with Gasteiger partial charge in [-0.15, -0.1) is 0 Å². The van der Waals surface area contributed by atoms with E-state index in [1.54, 1.807) is 6.26 Å². The molecule has 1 aliphatic rings. The lowest BCUT2D eigenvalue weighted by atomic mass is 10.1. The van der Waals surface area contributed by atoms with Gasteiger partial charge in [-0.05, 0) is 25.3 Å². The molecule has 3 aromatic heterocycles. The summed E-state index contributed by atoms with van der Waals surface area (Å²) >= 11 is 0. The van der Waals surface area contributed by atoms with Crippen molar-refractivity contribution in [2.24, 2.45) is 0 Å². The summed E-state index contributed by atoms with van der Waals surface area (Å²) in [5.74, 6) is 3.03. The Morgan fingerprint density at radius 1 is 0.914 bits per heavy atom.